The number of carbonyl (C=O) groups is 1. The lowest BCUT2D eigenvalue weighted by molar-refractivity contribution is 0.0941. The Hall–Kier alpha value is -1.44. The van der Waals surface area contributed by atoms with Gasteiger partial charge in [0.1, 0.15) is 0 Å². The average Bonchev–Trinajstić information content (AvgIpc) is 2.62. The summed E-state index contributed by atoms with van der Waals surface area (Å²) in [5.74, 6) is -0.240. The van der Waals surface area contributed by atoms with Crippen LogP contribution in [-0.4, -0.2) is 63.3 Å². The Balaban J connectivity index is 2.11. The van der Waals surface area contributed by atoms with Crippen molar-refractivity contribution in [2.75, 3.05) is 33.7 Å². The van der Waals surface area contributed by atoms with Crippen molar-refractivity contribution in [3.8, 4) is 0 Å². The molecule has 1 aromatic carbocycles. The Bertz CT molecular complexity index is 683. The van der Waals surface area contributed by atoms with Crippen LogP contribution in [0.15, 0.2) is 29.2 Å². The van der Waals surface area contributed by atoms with Gasteiger partial charge in [-0.25, -0.2) is 8.42 Å². The van der Waals surface area contributed by atoms with Gasteiger partial charge >= 0.3 is 0 Å². The number of likely N-dealkylation sites (N-methyl/N-ethyl adjacent to an activating group) is 1. The summed E-state index contributed by atoms with van der Waals surface area (Å²) in [6.07, 6.45) is 3.78. The number of carbonyl (C=O) groups excluding carboxylic acids is 1. The summed E-state index contributed by atoms with van der Waals surface area (Å²) in [6.45, 7) is 3.72. The summed E-state index contributed by atoms with van der Waals surface area (Å²) in [5, 5.41) is 2.90. The lowest BCUT2D eigenvalue weighted by Gasteiger charge is -2.26. The van der Waals surface area contributed by atoms with Crippen LogP contribution in [0.3, 0.4) is 0 Å². The van der Waals surface area contributed by atoms with Crippen LogP contribution in [0.4, 0.5) is 0 Å². The summed E-state index contributed by atoms with van der Waals surface area (Å²) >= 11 is 0. The van der Waals surface area contributed by atoms with E-state index in [4.69, 9.17) is 0 Å². The molecule has 0 aromatic heterocycles. The third kappa shape index (κ3) is 5.03. The number of nitrogens with zero attached hydrogens (tertiary/aromatic N) is 2. The highest BCUT2D eigenvalue weighted by Gasteiger charge is 2.26. The Morgan fingerprint density at radius 2 is 1.92 bits per heavy atom. The van der Waals surface area contributed by atoms with Gasteiger partial charge < -0.3 is 10.2 Å². The first-order valence-corrected chi connectivity index (χ1v) is 10.3. The SMILES string of the molecule is CC[C@H](CNC(=O)c1cccc(S(=O)(=O)N2CCCCC2)c1)N(C)C. The molecular weight excluding hydrogens is 338 g/mol. The minimum Gasteiger partial charge on any atom is -0.350 e. The third-order valence-corrected chi connectivity index (χ3v) is 6.64. The van der Waals surface area contributed by atoms with Crippen LogP contribution >= 0.6 is 0 Å². The maximum Gasteiger partial charge on any atom is 0.251 e. The summed E-state index contributed by atoms with van der Waals surface area (Å²) in [6, 6.07) is 6.59. The van der Waals surface area contributed by atoms with Gasteiger partial charge in [-0.2, -0.15) is 4.31 Å². The molecule has 140 valence electrons. The van der Waals surface area contributed by atoms with Crippen LogP contribution < -0.4 is 5.32 Å². The van der Waals surface area contributed by atoms with Crippen molar-refractivity contribution in [3.63, 3.8) is 0 Å². The van der Waals surface area contributed by atoms with Crippen molar-refractivity contribution in [1.82, 2.24) is 14.5 Å². The van der Waals surface area contributed by atoms with Crippen LogP contribution in [0.25, 0.3) is 0 Å². The summed E-state index contributed by atoms with van der Waals surface area (Å²) in [7, 11) is 0.434. The fraction of sp³-hybridized carbons (Fsp3) is 0.611. The molecule has 1 amide bonds. The van der Waals surface area contributed by atoms with E-state index in [0.717, 1.165) is 25.7 Å². The molecule has 0 radical (unpaired) electrons. The predicted molar refractivity (Wildman–Crippen MR) is 99.2 cm³/mol. The van der Waals surface area contributed by atoms with E-state index in [1.54, 1.807) is 18.2 Å². The molecule has 1 aliphatic heterocycles. The fourth-order valence-corrected chi connectivity index (χ4v) is 4.62. The van der Waals surface area contributed by atoms with E-state index in [0.29, 0.717) is 25.2 Å². The smallest absolute Gasteiger partial charge is 0.251 e. The van der Waals surface area contributed by atoms with Gasteiger partial charge in [-0.3, -0.25) is 4.79 Å². The molecule has 1 aliphatic rings. The largest absolute Gasteiger partial charge is 0.350 e. The number of benzene rings is 1. The van der Waals surface area contributed by atoms with Crippen molar-refractivity contribution < 1.29 is 13.2 Å². The van der Waals surface area contributed by atoms with E-state index in [-0.39, 0.29) is 16.8 Å². The molecule has 1 saturated heterocycles. The van der Waals surface area contributed by atoms with Gasteiger partial charge in [0.05, 0.1) is 4.90 Å². The molecule has 0 bridgehead atoms. The predicted octanol–water partition coefficient (Wildman–Crippen LogP) is 1.93. The van der Waals surface area contributed by atoms with Gasteiger partial charge in [0.15, 0.2) is 0 Å². The lowest BCUT2D eigenvalue weighted by Crippen LogP contribution is -2.40. The van der Waals surface area contributed by atoms with Crippen molar-refractivity contribution in [2.45, 2.75) is 43.5 Å². The second kappa shape index (κ2) is 8.78. The van der Waals surface area contributed by atoms with E-state index in [2.05, 4.69) is 17.1 Å². The highest BCUT2D eigenvalue weighted by atomic mass is 32.2. The molecule has 0 aliphatic carbocycles. The van der Waals surface area contributed by atoms with Gasteiger partial charge in [-0.15, -0.1) is 0 Å². The van der Waals surface area contributed by atoms with Crippen molar-refractivity contribution in [2.24, 2.45) is 0 Å². The zero-order valence-electron chi connectivity index (χ0n) is 15.4. The minimum absolute atomic E-state index is 0.196. The van der Waals surface area contributed by atoms with Gasteiger partial charge in [-0.1, -0.05) is 19.4 Å². The second-order valence-corrected chi connectivity index (χ2v) is 8.67. The zero-order chi connectivity index (χ0) is 18.4. The molecule has 0 unspecified atom stereocenters. The quantitative estimate of drug-likeness (QED) is 0.799. The molecule has 1 fully saturated rings. The third-order valence-electron chi connectivity index (χ3n) is 4.75. The van der Waals surface area contributed by atoms with Crippen LogP contribution in [0, 0.1) is 0 Å². The second-order valence-electron chi connectivity index (χ2n) is 6.73. The molecule has 6 nitrogen and oxygen atoms in total. The summed E-state index contributed by atoms with van der Waals surface area (Å²) in [5.41, 5.74) is 0.381. The molecule has 0 saturated carbocycles. The first kappa shape index (κ1) is 19.9. The average molecular weight is 368 g/mol. The van der Waals surface area contributed by atoms with E-state index in [1.807, 2.05) is 14.1 Å². The molecule has 1 heterocycles. The molecule has 7 heteroatoms. The molecule has 25 heavy (non-hydrogen) atoms. The summed E-state index contributed by atoms with van der Waals surface area (Å²) < 4.78 is 27.0. The van der Waals surface area contributed by atoms with Crippen LogP contribution in [0.1, 0.15) is 43.0 Å². The maximum atomic E-state index is 12.8. The lowest BCUT2D eigenvalue weighted by atomic mass is 10.2. The Labute approximate surface area is 151 Å². The Kier molecular flexibility index (Phi) is 6.98. The van der Waals surface area contributed by atoms with E-state index in [1.165, 1.54) is 10.4 Å². The van der Waals surface area contributed by atoms with Gasteiger partial charge in [0.25, 0.3) is 5.91 Å². The topological polar surface area (TPSA) is 69.7 Å². The number of hydrogen-bond donors (Lipinski definition) is 1. The van der Waals surface area contributed by atoms with Crippen molar-refractivity contribution >= 4 is 15.9 Å². The summed E-state index contributed by atoms with van der Waals surface area (Å²) in [4.78, 5) is 14.7. The van der Waals surface area contributed by atoms with Crippen LogP contribution in [0.5, 0.6) is 0 Å². The molecule has 1 atom stereocenters. The Morgan fingerprint density at radius 1 is 1.24 bits per heavy atom. The van der Waals surface area contributed by atoms with Crippen molar-refractivity contribution in [3.05, 3.63) is 29.8 Å². The number of hydrogen-bond acceptors (Lipinski definition) is 4. The monoisotopic (exact) mass is 367 g/mol. The fourth-order valence-electron chi connectivity index (χ4n) is 3.06. The maximum absolute atomic E-state index is 12.8. The van der Waals surface area contributed by atoms with Crippen LogP contribution in [-0.2, 0) is 10.0 Å². The van der Waals surface area contributed by atoms with Crippen LogP contribution in [0.2, 0.25) is 0 Å². The molecule has 0 spiro atoms. The highest BCUT2D eigenvalue weighted by Crippen LogP contribution is 2.21. The molecule has 2 rings (SSSR count). The van der Waals surface area contributed by atoms with E-state index < -0.39 is 10.0 Å². The number of nitrogens with one attached hydrogen (secondary N) is 1. The first-order chi connectivity index (χ1) is 11.9. The Morgan fingerprint density at radius 3 is 2.52 bits per heavy atom. The van der Waals surface area contributed by atoms with E-state index >= 15 is 0 Å². The zero-order valence-corrected chi connectivity index (χ0v) is 16.2. The number of piperidine rings is 1. The molecule has 1 N–H and O–H groups in total. The molecular formula is C18H29N3O3S. The van der Waals surface area contributed by atoms with Gasteiger partial charge in [0, 0.05) is 31.2 Å². The van der Waals surface area contributed by atoms with Gasteiger partial charge in [0.2, 0.25) is 10.0 Å². The van der Waals surface area contributed by atoms with E-state index in [9.17, 15) is 13.2 Å². The molecule has 1 aromatic rings. The standard InChI is InChI=1S/C18H29N3O3S/c1-4-16(20(2)3)14-19-18(22)15-9-8-10-17(13-15)25(23,24)21-11-6-5-7-12-21/h8-10,13,16H,4-7,11-12,14H2,1-3H3,(H,19,22)/t16-/m1/s1. The van der Waals surface area contributed by atoms with Crippen molar-refractivity contribution in [1.29, 1.82) is 0 Å². The number of amides is 1. The highest BCUT2D eigenvalue weighted by molar-refractivity contribution is 7.89. The number of rotatable bonds is 7. The van der Waals surface area contributed by atoms with Gasteiger partial charge in [-0.05, 0) is 51.6 Å². The number of sulfonamides is 1. The minimum atomic E-state index is -3.52. The first-order valence-electron chi connectivity index (χ1n) is 8.91. The normalized spacial score (nSPS) is 17.4.